The van der Waals surface area contributed by atoms with Crippen LogP contribution >= 0.6 is 11.6 Å². The Labute approximate surface area is 80.6 Å². The molecule has 0 nitrogen and oxygen atoms in total. The molecule has 0 saturated heterocycles. The molecule has 1 rings (SSSR count). The van der Waals surface area contributed by atoms with Crippen LogP contribution in [0.3, 0.4) is 0 Å². The van der Waals surface area contributed by atoms with Crippen molar-refractivity contribution in [3.05, 3.63) is 34.9 Å². The molecule has 1 aromatic carbocycles. The van der Waals surface area contributed by atoms with E-state index in [-0.39, 0.29) is 0 Å². The molecule has 0 aliphatic rings. The summed E-state index contributed by atoms with van der Waals surface area (Å²) in [6, 6.07) is 7.75. The van der Waals surface area contributed by atoms with Crippen molar-refractivity contribution in [3.8, 4) is 0 Å². The second-order valence-electron chi connectivity index (χ2n) is 2.80. The van der Waals surface area contributed by atoms with Crippen LogP contribution in [0.2, 0.25) is 5.02 Å². The molecule has 0 N–H and O–H groups in total. The Kier molecular flexibility index (Phi) is 6.88. The molecule has 68 valence electrons. The van der Waals surface area contributed by atoms with Crippen molar-refractivity contribution in [3.63, 3.8) is 0 Å². The molecule has 12 heavy (non-hydrogen) atoms. The zero-order chi connectivity index (χ0) is 9.40. The molecule has 0 aliphatic carbocycles. The Morgan fingerprint density at radius 3 is 1.67 bits per heavy atom. The Hall–Kier alpha value is -0.490. The van der Waals surface area contributed by atoms with Crippen LogP contribution in [0.25, 0.3) is 0 Å². The summed E-state index contributed by atoms with van der Waals surface area (Å²) in [5, 5.41) is 0.801. The van der Waals surface area contributed by atoms with E-state index in [2.05, 4.69) is 13.8 Å². The summed E-state index contributed by atoms with van der Waals surface area (Å²) in [6.45, 7) is 6.40. The maximum atomic E-state index is 5.61. The third-order valence-corrected chi connectivity index (χ3v) is 1.76. The van der Waals surface area contributed by atoms with Gasteiger partial charge in [0.25, 0.3) is 0 Å². The Balaban J connectivity index is 0.000000261. The van der Waals surface area contributed by atoms with Crippen molar-refractivity contribution in [2.45, 2.75) is 33.6 Å². The van der Waals surface area contributed by atoms with E-state index in [9.17, 15) is 0 Å². The highest BCUT2D eigenvalue weighted by molar-refractivity contribution is 6.30. The SMILES string of the molecule is CCCC.Cc1ccc(Cl)cc1. The summed E-state index contributed by atoms with van der Waals surface area (Å²) >= 11 is 5.61. The van der Waals surface area contributed by atoms with Crippen molar-refractivity contribution >= 4 is 11.6 Å². The number of benzene rings is 1. The van der Waals surface area contributed by atoms with Gasteiger partial charge in [-0.25, -0.2) is 0 Å². The molecule has 0 aromatic heterocycles. The normalized spacial score (nSPS) is 8.67. The minimum Gasteiger partial charge on any atom is -0.0843 e. The quantitative estimate of drug-likeness (QED) is 0.605. The minimum atomic E-state index is 0.801. The van der Waals surface area contributed by atoms with E-state index in [0.717, 1.165) is 5.02 Å². The largest absolute Gasteiger partial charge is 0.0843 e. The van der Waals surface area contributed by atoms with Crippen LogP contribution in [0.5, 0.6) is 0 Å². The van der Waals surface area contributed by atoms with Crippen LogP contribution in [0.4, 0.5) is 0 Å². The Bertz CT molecular complexity index is 166. The first-order valence-electron chi connectivity index (χ1n) is 4.42. The lowest BCUT2D eigenvalue weighted by Gasteiger charge is -1.88. The van der Waals surface area contributed by atoms with Crippen molar-refractivity contribution in [2.75, 3.05) is 0 Å². The predicted octanol–water partition coefficient (Wildman–Crippen LogP) is 4.45. The molecule has 0 fully saturated rings. The smallest absolute Gasteiger partial charge is 0.0406 e. The van der Waals surface area contributed by atoms with E-state index in [0.29, 0.717) is 0 Å². The minimum absolute atomic E-state index is 0.801. The highest BCUT2D eigenvalue weighted by Crippen LogP contribution is 2.07. The molecule has 1 heteroatoms. The van der Waals surface area contributed by atoms with Crippen LogP contribution in [0, 0.1) is 6.92 Å². The van der Waals surface area contributed by atoms with Crippen LogP contribution in [-0.4, -0.2) is 0 Å². The summed E-state index contributed by atoms with van der Waals surface area (Å²) in [7, 11) is 0. The molecule has 0 atom stereocenters. The van der Waals surface area contributed by atoms with Crippen LogP contribution in [0.1, 0.15) is 32.3 Å². The van der Waals surface area contributed by atoms with E-state index >= 15 is 0 Å². The maximum absolute atomic E-state index is 5.61. The molecule has 0 saturated carbocycles. The van der Waals surface area contributed by atoms with Crippen LogP contribution in [-0.2, 0) is 0 Å². The van der Waals surface area contributed by atoms with Crippen molar-refractivity contribution < 1.29 is 0 Å². The monoisotopic (exact) mass is 184 g/mol. The molecule has 0 spiro atoms. The van der Waals surface area contributed by atoms with Gasteiger partial charge in [-0.2, -0.15) is 0 Å². The lowest BCUT2D eigenvalue weighted by Crippen LogP contribution is -1.66. The predicted molar refractivity (Wildman–Crippen MR) is 56.8 cm³/mol. The average molecular weight is 185 g/mol. The third kappa shape index (κ3) is 6.23. The van der Waals surface area contributed by atoms with Gasteiger partial charge in [0.1, 0.15) is 0 Å². The summed E-state index contributed by atoms with van der Waals surface area (Å²) in [6.07, 6.45) is 2.64. The fourth-order valence-electron chi connectivity index (χ4n) is 0.533. The van der Waals surface area contributed by atoms with Gasteiger partial charge in [0.2, 0.25) is 0 Å². The second kappa shape index (κ2) is 7.17. The Morgan fingerprint density at radius 2 is 1.42 bits per heavy atom. The van der Waals surface area contributed by atoms with E-state index < -0.39 is 0 Å². The Morgan fingerprint density at radius 1 is 1.00 bits per heavy atom. The van der Waals surface area contributed by atoms with E-state index in [1.54, 1.807) is 0 Å². The summed E-state index contributed by atoms with van der Waals surface area (Å²) in [5.74, 6) is 0. The van der Waals surface area contributed by atoms with E-state index in [4.69, 9.17) is 11.6 Å². The van der Waals surface area contributed by atoms with Crippen molar-refractivity contribution in [1.82, 2.24) is 0 Å². The van der Waals surface area contributed by atoms with Gasteiger partial charge in [0.15, 0.2) is 0 Å². The van der Waals surface area contributed by atoms with Gasteiger partial charge in [-0.1, -0.05) is 56.0 Å². The number of unbranched alkanes of at least 4 members (excludes halogenated alkanes) is 1. The zero-order valence-corrected chi connectivity index (χ0v) is 8.86. The highest BCUT2D eigenvalue weighted by Gasteiger charge is 1.81. The first-order valence-corrected chi connectivity index (χ1v) is 4.80. The first-order chi connectivity index (χ1) is 5.70. The standard InChI is InChI=1S/C7H7Cl.C4H10/c1-6-2-4-7(8)5-3-6;1-3-4-2/h2-5H,1H3;3-4H2,1-2H3. The summed E-state index contributed by atoms with van der Waals surface area (Å²) in [4.78, 5) is 0. The van der Waals surface area contributed by atoms with Gasteiger partial charge in [-0.05, 0) is 19.1 Å². The summed E-state index contributed by atoms with van der Waals surface area (Å²) < 4.78 is 0. The van der Waals surface area contributed by atoms with Gasteiger partial charge in [-0.3, -0.25) is 0 Å². The number of halogens is 1. The van der Waals surface area contributed by atoms with Crippen LogP contribution in [0.15, 0.2) is 24.3 Å². The molecular formula is C11H17Cl. The van der Waals surface area contributed by atoms with Gasteiger partial charge in [0.05, 0.1) is 0 Å². The van der Waals surface area contributed by atoms with Crippen LogP contribution < -0.4 is 0 Å². The van der Waals surface area contributed by atoms with Crippen molar-refractivity contribution in [2.24, 2.45) is 0 Å². The van der Waals surface area contributed by atoms with Gasteiger partial charge >= 0.3 is 0 Å². The third-order valence-electron chi connectivity index (χ3n) is 1.51. The van der Waals surface area contributed by atoms with Gasteiger partial charge < -0.3 is 0 Å². The molecule has 0 unspecified atom stereocenters. The lowest BCUT2D eigenvalue weighted by atomic mass is 10.2. The zero-order valence-electron chi connectivity index (χ0n) is 8.10. The number of hydrogen-bond acceptors (Lipinski definition) is 0. The lowest BCUT2D eigenvalue weighted by molar-refractivity contribution is 0.886. The first kappa shape index (κ1) is 11.5. The number of hydrogen-bond donors (Lipinski definition) is 0. The molecule has 0 amide bonds. The molecule has 0 heterocycles. The maximum Gasteiger partial charge on any atom is 0.0406 e. The number of aryl methyl sites for hydroxylation is 1. The average Bonchev–Trinajstić information content (AvgIpc) is 2.11. The number of rotatable bonds is 1. The molecular weight excluding hydrogens is 168 g/mol. The second-order valence-corrected chi connectivity index (χ2v) is 3.23. The molecule has 0 aliphatic heterocycles. The van der Waals surface area contributed by atoms with Gasteiger partial charge in [-0.15, -0.1) is 0 Å². The van der Waals surface area contributed by atoms with E-state index in [1.165, 1.54) is 18.4 Å². The van der Waals surface area contributed by atoms with E-state index in [1.807, 2.05) is 31.2 Å². The highest BCUT2D eigenvalue weighted by atomic mass is 35.5. The fraction of sp³-hybridized carbons (Fsp3) is 0.455. The molecule has 0 radical (unpaired) electrons. The van der Waals surface area contributed by atoms with Crippen molar-refractivity contribution in [1.29, 1.82) is 0 Å². The summed E-state index contributed by atoms with van der Waals surface area (Å²) in [5.41, 5.74) is 1.24. The molecule has 1 aromatic rings. The molecule has 0 bridgehead atoms. The topological polar surface area (TPSA) is 0 Å². The fourth-order valence-corrected chi connectivity index (χ4v) is 0.659. The van der Waals surface area contributed by atoms with Gasteiger partial charge in [0, 0.05) is 5.02 Å².